The van der Waals surface area contributed by atoms with Crippen molar-refractivity contribution in [3.63, 3.8) is 0 Å². The van der Waals surface area contributed by atoms with Gasteiger partial charge in [0.15, 0.2) is 5.69 Å². The third kappa shape index (κ3) is 3.88. The number of carbonyl (C=O) groups is 2. The lowest BCUT2D eigenvalue weighted by Gasteiger charge is -2.05. The standard InChI is InChI=1S/C11H12N6O5/c18-10(7-16-3-1-9(14-16)11(19)20)12-2-4-15-6-8(5-13-15)17(21)22/h1,3,5-6H,2,4,7H2,(H,12,18)(H,19,20). The monoisotopic (exact) mass is 308 g/mol. The highest BCUT2D eigenvalue weighted by Crippen LogP contribution is 2.06. The molecule has 0 saturated heterocycles. The van der Waals surface area contributed by atoms with E-state index in [0.717, 1.165) is 6.20 Å². The van der Waals surface area contributed by atoms with Crippen molar-refractivity contribution >= 4 is 17.6 Å². The Kier molecular flexibility index (Phi) is 4.46. The van der Waals surface area contributed by atoms with Crippen LogP contribution in [0.3, 0.4) is 0 Å². The fraction of sp³-hybridized carbons (Fsp3) is 0.273. The first-order chi connectivity index (χ1) is 10.5. The number of hydrogen-bond acceptors (Lipinski definition) is 6. The molecule has 0 atom stereocenters. The molecule has 2 aromatic heterocycles. The van der Waals surface area contributed by atoms with Gasteiger partial charge < -0.3 is 10.4 Å². The minimum absolute atomic E-state index is 0.119. The van der Waals surface area contributed by atoms with Gasteiger partial charge in [0.1, 0.15) is 18.9 Å². The first-order valence-electron chi connectivity index (χ1n) is 6.16. The molecule has 2 rings (SSSR count). The molecule has 0 radical (unpaired) electrons. The number of rotatable bonds is 7. The van der Waals surface area contributed by atoms with Crippen LogP contribution < -0.4 is 5.32 Å². The van der Waals surface area contributed by atoms with Gasteiger partial charge in [0.25, 0.3) is 0 Å². The number of amides is 1. The van der Waals surface area contributed by atoms with E-state index in [4.69, 9.17) is 5.11 Å². The lowest BCUT2D eigenvalue weighted by Crippen LogP contribution is -2.30. The number of nitrogens with zero attached hydrogens (tertiary/aromatic N) is 5. The Labute approximate surface area is 123 Å². The van der Waals surface area contributed by atoms with Gasteiger partial charge in [-0.1, -0.05) is 0 Å². The van der Waals surface area contributed by atoms with Crippen LogP contribution in [0, 0.1) is 10.1 Å². The molecule has 0 fully saturated rings. The SMILES string of the molecule is O=C(Cn1ccc(C(=O)O)n1)NCCn1cc([N+](=O)[O-])cn1. The zero-order valence-electron chi connectivity index (χ0n) is 11.2. The predicted octanol–water partition coefficient (Wildman–Crippen LogP) is -0.498. The highest BCUT2D eigenvalue weighted by atomic mass is 16.6. The number of nitrogens with one attached hydrogen (secondary N) is 1. The van der Waals surface area contributed by atoms with Crippen LogP contribution in [0.25, 0.3) is 0 Å². The third-order valence-corrected chi connectivity index (χ3v) is 2.66. The zero-order valence-corrected chi connectivity index (χ0v) is 11.2. The first kappa shape index (κ1) is 15.2. The largest absolute Gasteiger partial charge is 0.476 e. The quantitative estimate of drug-likeness (QED) is 0.518. The molecule has 0 aliphatic rings. The zero-order chi connectivity index (χ0) is 16.1. The van der Waals surface area contributed by atoms with Gasteiger partial charge >= 0.3 is 11.7 Å². The summed E-state index contributed by atoms with van der Waals surface area (Å²) in [7, 11) is 0. The summed E-state index contributed by atoms with van der Waals surface area (Å²) in [6, 6.07) is 1.29. The predicted molar refractivity (Wildman–Crippen MR) is 71.1 cm³/mol. The number of hydrogen-bond donors (Lipinski definition) is 2. The second-order valence-electron chi connectivity index (χ2n) is 4.27. The maximum absolute atomic E-state index is 11.6. The van der Waals surface area contributed by atoms with Gasteiger partial charge in [0.05, 0.1) is 11.5 Å². The number of carbonyl (C=O) groups excluding carboxylic acids is 1. The van der Waals surface area contributed by atoms with Gasteiger partial charge in [0, 0.05) is 12.7 Å². The van der Waals surface area contributed by atoms with E-state index in [0.29, 0.717) is 0 Å². The number of carboxylic acid groups (broad SMARTS) is 1. The van der Waals surface area contributed by atoms with E-state index in [1.165, 1.54) is 27.8 Å². The van der Waals surface area contributed by atoms with Crippen LogP contribution in [-0.4, -0.2) is 48.0 Å². The molecule has 0 aromatic carbocycles. The molecule has 0 unspecified atom stereocenters. The fourth-order valence-electron chi connectivity index (χ4n) is 1.65. The van der Waals surface area contributed by atoms with Gasteiger partial charge in [-0.25, -0.2) is 4.79 Å². The summed E-state index contributed by atoms with van der Waals surface area (Å²) in [6.07, 6.45) is 3.78. The molecule has 0 aliphatic carbocycles. The van der Waals surface area contributed by atoms with Crippen molar-refractivity contribution in [2.75, 3.05) is 6.54 Å². The van der Waals surface area contributed by atoms with Crippen LogP contribution in [0.2, 0.25) is 0 Å². The number of aromatic nitrogens is 4. The first-order valence-corrected chi connectivity index (χ1v) is 6.16. The molecular weight excluding hydrogens is 296 g/mol. The van der Waals surface area contributed by atoms with Crippen molar-refractivity contribution in [2.45, 2.75) is 13.1 Å². The molecule has 0 aliphatic heterocycles. The van der Waals surface area contributed by atoms with E-state index in [-0.39, 0.29) is 36.9 Å². The summed E-state index contributed by atoms with van der Waals surface area (Å²) in [4.78, 5) is 32.2. The summed E-state index contributed by atoms with van der Waals surface area (Å²) >= 11 is 0. The molecule has 22 heavy (non-hydrogen) atoms. The van der Waals surface area contributed by atoms with E-state index >= 15 is 0 Å². The Morgan fingerprint density at radius 3 is 2.77 bits per heavy atom. The van der Waals surface area contributed by atoms with Crippen LogP contribution in [0.4, 0.5) is 5.69 Å². The highest BCUT2D eigenvalue weighted by Gasteiger charge is 2.10. The van der Waals surface area contributed by atoms with E-state index in [2.05, 4.69) is 15.5 Å². The summed E-state index contributed by atoms with van der Waals surface area (Å²) in [6.45, 7) is 0.385. The summed E-state index contributed by atoms with van der Waals surface area (Å²) < 4.78 is 2.55. The van der Waals surface area contributed by atoms with E-state index < -0.39 is 10.9 Å². The molecule has 0 spiro atoms. The average Bonchev–Trinajstić information content (AvgIpc) is 3.07. The fourth-order valence-corrected chi connectivity index (χ4v) is 1.65. The summed E-state index contributed by atoms with van der Waals surface area (Å²) in [5.74, 6) is -1.53. The maximum Gasteiger partial charge on any atom is 0.356 e. The average molecular weight is 308 g/mol. The molecular formula is C11H12N6O5. The van der Waals surface area contributed by atoms with E-state index in [9.17, 15) is 19.7 Å². The van der Waals surface area contributed by atoms with Gasteiger partial charge in [-0.3, -0.25) is 24.3 Å². The molecule has 2 N–H and O–H groups in total. The molecule has 1 amide bonds. The minimum atomic E-state index is -1.17. The molecule has 11 heteroatoms. The van der Waals surface area contributed by atoms with Crippen LogP contribution >= 0.6 is 0 Å². The van der Waals surface area contributed by atoms with Gasteiger partial charge in [0.2, 0.25) is 5.91 Å². The molecule has 0 saturated carbocycles. The number of aromatic carboxylic acids is 1. The van der Waals surface area contributed by atoms with Crippen molar-refractivity contribution in [3.8, 4) is 0 Å². The van der Waals surface area contributed by atoms with Crippen molar-refractivity contribution in [1.29, 1.82) is 0 Å². The normalized spacial score (nSPS) is 10.4. The highest BCUT2D eigenvalue weighted by molar-refractivity contribution is 5.85. The molecule has 11 nitrogen and oxygen atoms in total. The van der Waals surface area contributed by atoms with Gasteiger partial charge in [-0.15, -0.1) is 0 Å². The van der Waals surface area contributed by atoms with Gasteiger partial charge in [-0.05, 0) is 6.07 Å². The molecule has 2 aromatic rings. The lowest BCUT2D eigenvalue weighted by molar-refractivity contribution is -0.385. The Morgan fingerprint density at radius 1 is 1.41 bits per heavy atom. The van der Waals surface area contributed by atoms with Crippen molar-refractivity contribution in [1.82, 2.24) is 24.9 Å². The van der Waals surface area contributed by atoms with Crippen molar-refractivity contribution < 1.29 is 19.6 Å². The Balaban J connectivity index is 1.77. The van der Waals surface area contributed by atoms with Crippen molar-refractivity contribution in [3.05, 3.63) is 40.5 Å². The molecule has 116 valence electrons. The second kappa shape index (κ2) is 6.47. The van der Waals surface area contributed by atoms with Gasteiger partial charge in [-0.2, -0.15) is 10.2 Å². The smallest absolute Gasteiger partial charge is 0.356 e. The summed E-state index contributed by atoms with van der Waals surface area (Å²) in [5.41, 5.74) is -0.263. The molecule has 2 heterocycles. The van der Waals surface area contributed by atoms with Crippen LogP contribution in [0.15, 0.2) is 24.7 Å². The second-order valence-corrected chi connectivity index (χ2v) is 4.27. The number of nitro groups is 1. The van der Waals surface area contributed by atoms with Crippen molar-refractivity contribution in [2.24, 2.45) is 0 Å². The van der Waals surface area contributed by atoms with Crippen LogP contribution in [0.1, 0.15) is 10.5 Å². The Morgan fingerprint density at radius 2 is 2.18 bits per heavy atom. The van der Waals surface area contributed by atoms with E-state index in [1.54, 1.807) is 0 Å². The minimum Gasteiger partial charge on any atom is -0.476 e. The lowest BCUT2D eigenvalue weighted by atomic mass is 10.4. The summed E-state index contributed by atoms with van der Waals surface area (Å²) in [5, 5.41) is 29.3. The maximum atomic E-state index is 11.6. The molecule has 0 bridgehead atoms. The Bertz CT molecular complexity index is 705. The Hall–Kier alpha value is -3.24. The number of carboxylic acids is 1. The topological polar surface area (TPSA) is 145 Å². The van der Waals surface area contributed by atoms with E-state index in [1.807, 2.05) is 0 Å². The van der Waals surface area contributed by atoms with Crippen LogP contribution in [0.5, 0.6) is 0 Å². The third-order valence-electron chi connectivity index (χ3n) is 2.66. The van der Waals surface area contributed by atoms with Crippen LogP contribution in [-0.2, 0) is 17.9 Å².